The minimum atomic E-state index is 0.296. The zero-order valence-corrected chi connectivity index (χ0v) is 17.3. The van der Waals surface area contributed by atoms with E-state index in [1.54, 1.807) is 0 Å². The Labute approximate surface area is 171 Å². The highest BCUT2D eigenvalue weighted by Crippen LogP contribution is 2.41. The molecule has 3 heterocycles. The van der Waals surface area contributed by atoms with Crippen LogP contribution in [0.1, 0.15) is 44.3 Å². The van der Waals surface area contributed by atoms with E-state index < -0.39 is 0 Å². The standard InChI is InChI=1S/C22H29N5O2/c1-14-24-21(29-25-14)17-6-7-20(23-12-17)27-9-8-16-10-19(11-18(16)13-27)26(2)22(28)15-4-3-5-15/h6-7,12,15-16,18-19H,3-5,8-11,13H2,1-2H3/t16-,18-,19+/m1/s1. The summed E-state index contributed by atoms with van der Waals surface area (Å²) in [7, 11) is 2.03. The Hall–Kier alpha value is -2.44. The Morgan fingerprint density at radius 2 is 2.03 bits per heavy atom. The number of carbonyl (C=O) groups is 1. The molecule has 3 aliphatic rings. The second-order valence-electron chi connectivity index (χ2n) is 9.01. The average molecular weight is 396 g/mol. The van der Waals surface area contributed by atoms with Crippen LogP contribution in [0.15, 0.2) is 22.9 Å². The molecule has 2 aromatic heterocycles. The molecule has 0 radical (unpaired) electrons. The maximum absolute atomic E-state index is 12.6. The van der Waals surface area contributed by atoms with E-state index in [1.165, 1.54) is 12.8 Å². The third kappa shape index (κ3) is 3.51. The topological polar surface area (TPSA) is 75.4 Å². The lowest BCUT2D eigenvalue weighted by Crippen LogP contribution is -2.41. The van der Waals surface area contributed by atoms with Gasteiger partial charge in [-0.15, -0.1) is 0 Å². The first-order valence-corrected chi connectivity index (χ1v) is 10.9. The quantitative estimate of drug-likeness (QED) is 0.791. The van der Waals surface area contributed by atoms with Crippen LogP contribution >= 0.6 is 0 Å². The van der Waals surface area contributed by atoms with Gasteiger partial charge in [-0.3, -0.25) is 4.79 Å². The van der Waals surface area contributed by atoms with Gasteiger partial charge in [0.25, 0.3) is 5.89 Å². The van der Waals surface area contributed by atoms with Crippen molar-refractivity contribution in [3.05, 3.63) is 24.2 Å². The van der Waals surface area contributed by atoms with Gasteiger partial charge in [0.05, 0.1) is 5.56 Å². The molecule has 2 aliphatic carbocycles. The smallest absolute Gasteiger partial charge is 0.259 e. The Kier molecular flexibility index (Phi) is 4.76. The largest absolute Gasteiger partial charge is 0.356 e. The van der Waals surface area contributed by atoms with Crippen LogP contribution in [-0.4, -0.2) is 52.1 Å². The number of piperidine rings is 1. The lowest BCUT2D eigenvalue weighted by atomic mass is 9.84. The fourth-order valence-electron chi connectivity index (χ4n) is 5.21. The van der Waals surface area contributed by atoms with Gasteiger partial charge in [-0.25, -0.2) is 4.98 Å². The number of pyridine rings is 1. The first-order valence-electron chi connectivity index (χ1n) is 10.9. The van der Waals surface area contributed by atoms with Gasteiger partial charge in [-0.2, -0.15) is 4.98 Å². The lowest BCUT2D eigenvalue weighted by molar-refractivity contribution is -0.138. The molecule has 3 fully saturated rings. The van der Waals surface area contributed by atoms with Crippen molar-refractivity contribution in [1.29, 1.82) is 0 Å². The van der Waals surface area contributed by atoms with Crippen molar-refractivity contribution >= 4 is 11.7 Å². The van der Waals surface area contributed by atoms with Crippen molar-refractivity contribution in [1.82, 2.24) is 20.0 Å². The maximum atomic E-state index is 12.6. The van der Waals surface area contributed by atoms with Crippen molar-refractivity contribution < 1.29 is 9.32 Å². The molecule has 154 valence electrons. The zero-order valence-electron chi connectivity index (χ0n) is 17.3. The highest BCUT2D eigenvalue weighted by molar-refractivity contribution is 5.79. The third-order valence-electron chi connectivity index (χ3n) is 7.24. The van der Waals surface area contributed by atoms with Crippen LogP contribution < -0.4 is 4.90 Å². The number of nitrogens with zero attached hydrogens (tertiary/aromatic N) is 5. The molecule has 7 heteroatoms. The molecule has 2 aromatic rings. The molecule has 0 bridgehead atoms. The molecule has 0 N–H and O–H groups in total. The van der Waals surface area contributed by atoms with Crippen molar-refractivity contribution in [2.24, 2.45) is 17.8 Å². The first kappa shape index (κ1) is 18.6. The lowest BCUT2D eigenvalue weighted by Gasteiger charge is -2.35. The fourth-order valence-corrected chi connectivity index (χ4v) is 5.21. The van der Waals surface area contributed by atoms with Gasteiger partial charge in [-0.1, -0.05) is 11.6 Å². The van der Waals surface area contributed by atoms with Crippen LogP contribution in [0.3, 0.4) is 0 Å². The van der Waals surface area contributed by atoms with E-state index in [0.717, 1.165) is 56.1 Å². The number of anilines is 1. The Morgan fingerprint density at radius 1 is 1.21 bits per heavy atom. The number of hydrogen-bond donors (Lipinski definition) is 0. The number of aromatic nitrogens is 3. The number of aryl methyl sites for hydroxylation is 1. The second kappa shape index (κ2) is 7.43. The third-order valence-corrected chi connectivity index (χ3v) is 7.24. The molecule has 2 saturated carbocycles. The summed E-state index contributed by atoms with van der Waals surface area (Å²) >= 11 is 0. The summed E-state index contributed by atoms with van der Waals surface area (Å²) in [6.07, 6.45) is 8.66. The minimum Gasteiger partial charge on any atom is -0.356 e. The molecular weight excluding hydrogens is 366 g/mol. The SMILES string of the molecule is Cc1noc(-c2ccc(N3CC[C@@H]4C[C@H](N(C)C(=O)C5CCC5)C[C@@H]4C3)nc2)n1. The predicted octanol–water partition coefficient (Wildman–Crippen LogP) is 3.30. The summed E-state index contributed by atoms with van der Waals surface area (Å²) in [6.45, 7) is 3.86. The number of amides is 1. The Bertz CT molecular complexity index is 876. The fraction of sp³-hybridized carbons (Fsp3) is 0.636. The molecule has 7 nitrogen and oxygen atoms in total. The molecule has 0 aromatic carbocycles. The Balaban J connectivity index is 1.22. The molecule has 3 atom stereocenters. The van der Waals surface area contributed by atoms with Gasteiger partial charge >= 0.3 is 0 Å². The summed E-state index contributed by atoms with van der Waals surface area (Å²) in [5.41, 5.74) is 0.848. The molecule has 0 spiro atoms. The van der Waals surface area contributed by atoms with Gasteiger partial charge in [-0.05, 0) is 63.0 Å². The van der Waals surface area contributed by atoms with E-state index in [2.05, 4.69) is 24.9 Å². The van der Waals surface area contributed by atoms with Crippen LogP contribution in [-0.2, 0) is 4.79 Å². The normalized spacial score (nSPS) is 26.8. The summed E-state index contributed by atoms with van der Waals surface area (Å²) in [5, 5.41) is 3.84. The molecule has 1 amide bonds. The van der Waals surface area contributed by atoms with E-state index in [0.29, 0.717) is 35.5 Å². The predicted molar refractivity (Wildman–Crippen MR) is 109 cm³/mol. The maximum Gasteiger partial charge on any atom is 0.259 e. The van der Waals surface area contributed by atoms with Crippen LogP contribution in [0.25, 0.3) is 11.5 Å². The van der Waals surface area contributed by atoms with Crippen molar-refractivity contribution in [2.45, 2.75) is 51.5 Å². The van der Waals surface area contributed by atoms with Crippen LogP contribution in [0.4, 0.5) is 5.82 Å². The van der Waals surface area contributed by atoms with Gasteiger partial charge in [0.15, 0.2) is 5.82 Å². The molecule has 1 aliphatic heterocycles. The Morgan fingerprint density at radius 3 is 2.69 bits per heavy atom. The van der Waals surface area contributed by atoms with Crippen LogP contribution in [0.5, 0.6) is 0 Å². The summed E-state index contributed by atoms with van der Waals surface area (Å²) < 4.78 is 5.23. The zero-order chi connectivity index (χ0) is 20.0. The van der Waals surface area contributed by atoms with Crippen LogP contribution in [0.2, 0.25) is 0 Å². The number of carbonyl (C=O) groups excluding carboxylic acids is 1. The number of hydrogen-bond acceptors (Lipinski definition) is 6. The van der Waals surface area contributed by atoms with E-state index >= 15 is 0 Å². The molecule has 1 saturated heterocycles. The van der Waals surface area contributed by atoms with Crippen molar-refractivity contribution in [3.8, 4) is 11.5 Å². The molecule has 29 heavy (non-hydrogen) atoms. The van der Waals surface area contributed by atoms with Gasteiger partial charge in [0, 0.05) is 38.3 Å². The summed E-state index contributed by atoms with van der Waals surface area (Å²) in [5.74, 6) is 4.19. The second-order valence-corrected chi connectivity index (χ2v) is 9.01. The minimum absolute atomic E-state index is 0.296. The number of fused-ring (bicyclic) bond motifs is 1. The van der Waals surface area contributed by atoms with Gasteiger partial charge < -0.3 is 14.3 Å². The first-order chi connectivity index (χ1) is 14.1. The van der Waals surface area contributed by atoms with Gasteiger partial charge in [0.1, 0.15) is 5.82 Å². The summed E-state index contributed by atoms with van der Waals surface area (Å²) in [6, 6.07) is 4.46. The highest BCUT2D eigenvalue weighted by atomic mass is 16.5. The van der Waals surface area contributed by atoms with Crippen molar-refractivity contribution in [2.75, 3.05) is 25.0 Å². The highest BCUT2D eigenvalue weighted by Gasteiger charge is 2.42. The van der Waals surface area contributed by atoms with E-state index in [1.807, 2.05) is 32.3 Å². The molecule has 5 rings (SSSR count). The molecular formula is C22H29N5O2. The average Bonchev–Trinajstić information content (AvgIpc) is 3.31. The summed E-state index contributed by atoms with van der Waals surface area (Å²) in [4.78, 5) is 26.0. The van der Waals surface area contributed by atoms with E-state index in [-0.39, 0.29) is 0 Å². The van der Waals surface area contributed by atoms with E-state index in [4.69, 9.17) is 4.52 Å². The van der Waals surface area contributed by atoms with Crippen molar-refractivity contribution in [3.63, 3.8) is 0 Å². The van der Waals surface area contributed by atoms with Crippen LogP contribution in [0, 0.1) is 24.7 Å². The monoisotopic (exact) mass is 395 g/mol. The molecule has 0 unspecified atom stereocenters. The van der Waals surface area contributed by atoms with E-state index in [9.17, 15) is 4.79 Å². The van der Waals surface area contributed by atoms with Gasteiger partial charge in [0.2, 0.25) is 5.91 Å². The number of rotatable bonds is 4.